The lowest BCUT2D eigenvalue weighted by molar-refractivity contribution is 0.320. The van der Waals surface area contributed by atoms with Crippen LogP contribution in [0.3, 0.4) is 0 Å². The minimum atomic E-state index is -0.555. The number of rotatable bonds is 5. The molecule has 7 heteroatoms. The molecule has 0 aliphatic heterocycles. The molecule has 130 valence electrons. The third-order valence-corrected chi connectivity index (χ3v) is 3.94. The topological polar surface area (TPSA) is 66.1 Å². The van der Waals surface area contributed by atoms with Gasteiger partial charge in [-0.2, -0.15) is 0 Å². The first-order chi connectivity index (χ1) is 12.0. The molecular weight excluding hydrogens is 325 g/mol. The van der Waals surface area contributed by atoms with E-state index in [1.807, 2.05) is 6.92 Å². The molecule has 0 aliphatic rings. The maximum Gasteiger partial charge on any atom is 0.332 e. The Balaban J connectivity index is 2.24. The van der Waals surface area contributed by atoms with E-state index in [0.29, 0.717) is 12.4 Å². The Morgan fingerprint density at radius 1 is 1.20 bits per heavy atom. The van der Waals surface area contributed by atoms with Crippen molar-refractivity contribution in [1.29, 1.82) is 0 Å². The summed E-state index contributed by atoms with van der Waals surface area (Å²) in [6.45, 7) is 2.24. The standard InChI is InChI=1S/C18H18FN3O3/c1-3-10-25-14-8-9-20-16-15(14)17(23)22(18(24)21(16)2)11-12-6-4-5-7-13(12)19/h4-9H,3,10-11H2,1-2H3. The maximum atomic E-state index is 13.9. The summed E-state index contributed by atoms with van der Waals surface area (Å²) in [5, 5.41) is 0.217. The maximum absolute atomic E-state index is 13.9. The monoisotopic (exact) mass is 343 g/mol. The normalized spacial score (nSPS) is 11.0. The van der Waals surface area contributed by atoms with Crippen molar-refractivity contribution >= 4 is 11.0 Å². The van der Waals surface area contributed by atoms with Crippen molar-refractivity contribution in [3.05, 3.63) is 68.7 Å². The number of hydrogen-bond donors (Lipinski definition) is 0. The number of halogens is 1. The lowest BCUT2D eigenvalue weighted by atomic mass is 10.2. The van der Waals surface area contributed by atoms with E-state index in [4.69, 9.17) is 4.74 Å². The number of nitrogens with zero attached hydrogens (tertiary/aromatic N) is 3. The zero-order chi connectivity index (χ0) is 18.0. The molecule has 25 heavy (non-hydrogen) atoms. The fraction of sp³-hybridized carbons (Fsp3) is 0.278. The number of aromatic nitrogens is 3. The molecule has 0 amide bonds. The summed E-state index contributed by atoms with van der Waals surface area (Å²) in [6, 6.07) is 7.65. The van der Waals surface area contributed by atoms with Gasteiger partial charge < -0.3 is 4.74 Å². The largest absolute Gasteiger partial charge is 0.493 e. The van der Waals surface area contributed by atoms with Crippen molar-refractivity contribution < 1.29 is 9.13 Å². The minimum absolute atomic E-state index is 0.157. The molecule has 1 aromatic carbocycles. The van der Waals surface area contributed by atoms with E-state index in [-0.39, 0.29) is 23.1 Å². The lowest BCUT2D eigenvalue weighted by Gasteiger charge is -2.13. The van der Waals surface area contributed by atoms with Gasteiger partial charge in [0.25, 0.3) is 5.56 Å². The fourth-order valence-corrected chi connectivity index (χ4v) is 2.65. The van der Waals surface area contributed by atoms with Crippen molar-refractivity contribution in [1.82, 2.24) is 14.1 Å². The summed E-state index contributed by atoms with van der Waals surface area (Å²) in [5.41, 5.74) is -0.587. The molecule has 0 unspecified atom stereocenters. The molecule has 3 aromatic rings. The predicted octanol–water partition coefficient (Wildman–Crippen LogP) is 2.07. The van der Waals surface area contributed by atoms with E-state index in [1.54, 1.807) is 24.3 Å². The Bertz CT molecular complexity index is 1040. The van der Waals surface area contributed by atoms with Crippen LogP contribution in [0.2, 0.25) is 0 Å². The number of benzene rings is 1. The van der Waals surface area contributed by atoms with Crippen LogP contribution in [0.1, 0.15) is 18.9 Å². The highest BCUT2D eigenvalue weighted by Crippen LogP contribution is 2.19. The van der Waals surface area contributed by atoms with E-state index >= 15 is 0 Å². The molecule has 0 N–H and O–H groups in total. The molecule has 0 bridgehead atoms. The molecular formula is C18H18FN3O3. The van der Waals surface area contributed by atoms with E-state index < -0.39 is 17.1 Å². The Morgan fingerprint density at radius 3 is 2.68 bits per heavy atom. The highest BCUT2D eigenvalue weighted by molar-refractivity contribution is 5.81. The van der Waals surface area contributed by atoms with Gasteiger partial charge >= 0.3 is 5.69 Å². The van der Waals surface area contributed by atoms with Gasteiger partial charge in [0.1, 0.15) is 17.0 Å². The van der Waals surface area contributed by atoms with Crippen molar-refractivity contribution in [2.75, 3.05) is 6.61 Å². The smallest absolute Gasteiger partial charge is 0.332 e. The van der Waals surface area contributed by atoms with Crippen LogP contribution in [0.15, 0.2) is 46.1 Å². The second-order valence-corrected chi connectivity index (χ2v) is 5.68. The number of ether oxygens (including phenoxy) is 1. The lowest BCUT2D eigenvalue weighted by Crippen LogP contribution is -2.40. The first-order valence-corrected chi connectivity index (χ1v) is 7.99. The van der Waals surface area contributed by atoms with Gasteiger partial charge in [-0.25, -0.2) is 14.2 Å². The van der Waals surface area contributed by atoms with Gasteiger partial charge in [0.15, 0.2) is 5.65 Å². The van der Waals surface area contributed by atoms with E-state index in [1.165, 1.54) is 23.9 Å². The first-order valence-electron chi connectivity index (χ1n) is 7.99. The van der Waals surface area contributed by atoms with Crippen LogP contribution < -0.4 is 16.0 Å². The summed E-state index contributed by atoms with van der Waals surface area (Å²) < 4.78 is 21.8. The average molecular weight is 343 g/mol. The highest BCUT2D eigenvalue weighted by Gasteiger charge is 2.17. The summed E-state index contributed by atoms with van der Waals surface area (Å²) in [5.74, 6) is -0.0973. The predicted molar refractivity (Wildman–Crippen MR) is 92.5 cm³/mol. The fourth-order valence-electron chi connectivity index (χ4n) is 2.65. The van der Waals surface area contributed by atoms with Crippen LogP contribution in [0.25, 0.3) is 11.0 Å². The van der Waals surface area contributed by atoms with E-state index in [0.717, 1.165) is 11.0 Å². The molecule has 3 rings (SSSR count). The van der Waals surface area contributed by atoms with Gasteiger partial charge in [-0.15, -0.1) is 0 Å². The van der Waals surface area contributed by atoms with Crippen molar-refractivity contribution in [3.63, 3.8) is 0 Å². The summed E-state index contributed by atoms with van der Waals surface area (Å²) in [4.78, 5) is 29.6. The molecule has 0 atom stereocenters. The highest BCUT2D eigenvalue weighted by atomic mass is 19.1. The quantitative estimate of drug-likeness (QED) is 0.711. The SMILES string of the molecule is CCCOc1ccnc2c1c(=O)n(Cc1ccccc1F)c(=O)n2C. The summed E-state index contributed by atoms with van der Waals surface area (Å²) in [6.07, 6.45) is 2.27. The van der Waals surface area contributed by atoms with Crippen LogP contribution in [0.4, 0.5) is 4.39 Å². The van der Waals surface area contributed by atoms with Crippen molar-refractivity contribution in [2.45, 2.75) is 19.9 Å². The van der Waals surface area contributed by atoms with Crippen molar-refractivity contribution in [3.8, 4) is 5.75 Å². The Labute approximate surface area is 143 Å². The molecule has 0 saturated carbocycles. The molecule has 0 spiro atoms. The van der Waals surface area contributed by atoms with Gasteiger partial charge in [-0.3, -0.25) is 13.9 Å². The van der Waals surface area contributed by atoms with Crippen LogP contribution in [0, 0.1) is 5.82 Å². The second-order valence-electron chi connectivity index (χ2n) is 5.68. The minimum Gasteiger partial charge on any atom is -0.493 e. The van der Waals surface area contributed by atoms with Crippen LogP contribution in [0.5, 0.6) is 5.75 Å². The third-order valence-electron chi connectivity index (χ3n) is 3.94. The Hall–Kier alpha value is -2.96. The molecule has 2 heterocycles. The van der Waals surface area contributed by atoms with Crippen molar-refractivity contribution in [2.24, 2.45) is 7.05 Å². The summed E-state index contributed by atoms with van der Waals surface area (Å²) >= 11 is 0. The molecule has 0 fully saturated rings. The van der Waals surface area contributed by atoms with Crippen LogP contribution in [-0.2, 0) is 13.6 Å². The Morgan fingerprint density at radius 2 is 1.96 bits per heavy atom. The number of pyridine rings is 1. The van der Waals surface area contributed by atoms with Gasteiger partial charge in [-0.05, 0) is 18.6 Å². The van der Waals surface area contributed by atoms with E-state index in [2.05, 4.69) is 4.98 Å². The number of aryl methyl sites for hydroxylation is 1. The number of hydrogen-bond acceptors (Lipinski definition) is 4. The Kier molecular flexibility index (Phi) is 4.65. The van der Waals surface area contributed by atoms with Crippen LogP contribution >= 0.6 is 0 Å². The molecule has 0 saturated heterocycles. The number of fused-ring (bicyclic) bond motifs is 1. The first kappa shape index (κ1) is 16.9. The molecule has 0 radical (unpaired) electrons. The van der Waals surface area contributed by atoms with Crippen LogP contribution in [-0.4, -0.2) is 20.7 Å². The van der Waals surface area contributed by atoms with Gasteiger partial charge in [0.05, 0.1) is 13.2 Å². The average Bonchev–Trinajstić information content (AvgIpc) is 2.62. The van der Waals surface area contributed by atoms with Gasteiger partial charge in [0, 0.05) is 18.8 Å². The zero-order valence-electron chi connectivity index (χ0n) is 14.0. The molecule has 0 aliphatic carbocycles. The third kappa shape index (κ3) is 3.05. The molecule has 2 aromatic heterocycles. The van der Waals surface area contributed by atoms with E-state index in [9.17, 15) is 14.0 Å². The van der Waals surface area contributed by atoms with Gasteiger partial charge in [0.2, 0.25) is 0 Å². The zero-order valence-corrected chi connectivity index (χ0v) is 14.0. The second kappa shape index (κ2) is 6.88. The molecule has 6 nitrogen and oxygen atoms in total. The van der Waals surface area contributed by atoms with Gasteiger partial charge in [-0.1, -0.05) is 25.1 Å². The summed E-state index contributed by atoms with van der Waals surface area (Å²) in [7, 11) is 1.53.